The molecule has 3 N–H and O–H groups in total. The SMILES string of the molecule is NC(=O)[C@H](NC[C@H]1CC=CCC1)c1ccccc1. The van der Waals surface area contributed by atoms with Crippen molar-refractivity contribution in [2.24, 2.45) is 11.7 Å². The van der Waals surface area contributed by atoms with E-state index in [9.17, 15) is 4.79 Å². The molecular formula is C15H20N2O. The lowest BCUT2D eigenvalue weighted by Crippen LogP contribution is -2.36. The summed E-state index contributed by atoms with van der Waals surface area (Å²) in [4.78, 5) is 11.5. The van der Waals surface area contributed by atoms with Gasteiger partial charge in [0.1, 0.15) is 6.04 Å². The second-order valence-corrected chi connectivity index (χ2v) is 4.80. The Labute approximate surface area is 108 Å². The van der Waals surface area contributed by atoms with Crippen LogP contribution in [0.15, 0.2) is 42.5 Å². The fraction of sp³-hybridized carbons (Fsp3) is 0.400. The van der Waals surface area contributed by atoms with E-state index < -0.39 is 0 Å². The van der Waals surface area contributed by atoms with Crippen LogP contribution < -0.4 is 11.1 Å². The zero-order valence-corrected chi connectivity index (χ0v) is 10.5. The molecule has 3 nitrogen and oxygen atoms in total. The van der Waals surface area contributed by atoms with E-state index in [0.29, 0.717) is 5.92 Å². The first kappa shape index (κ1) is 12.8. The largest absolute Gasteiger partial charge is 0.368 e. The van der Waals surface area contributed by atoms with Gasteiger partial charge in [-0.15, -0.1) is 0 Å². The topological polar surface area (TPSA) is 55.1 Å². The van der Waals surface area contributed by atoms with Crippen LogP contribution in [0.2, 0.25) is 0 Å². The molecular weight excluding hydrogens is 224 g/mol. The molecule has 1 aliphatic rings. The molecule has 1 aliphatic carbocycles. The van der Waals surface area contributed by atoms with Crippen molar-refractivity contribution in [1.82, 2.24) is 5.32 Å². The van der Waals surface area contributed by atoms with Gasteiger partial charge in [-0.25, -0.2) is 0 Å². The third kappa shape index (κ3) is 3.44. The lowest BCUT2D eigenvalue weighted by atomic mass is 9.94. The Kier molecular flexibility index (Phi) is 4.53. The summed E-state index contributed by atoms with van der Waals surface area (Å²) in [6, 6.07) is 9.28. The number of primary amides is 1. The average Bonchev–Trinajstić information content (AvgIpc) is 2.41. The van der Waals surface area contributed by atoms with Crippen molar-refractivity contribution in [2.45, 2.75) is 25.3 Å². The molecule has 0 bridgehead atoms. The number of benzene rings is 1. The van der Waals surface area contributed by atoms with Gasteiger partial charge in [0.05, 0.1) is 0 Å². The molecule has 0 unspecified atom stereocenters. The number of allylic oxidation sites excluding steroid dienone is 2. The molecule has 0 aliphatic heterocycles. The summed E-state index contributed by atoms with van der Waals surface area (Å²) in [7, 11) is 0. The predicted molar refractivity (Wildman–Crippen MR) is 72.9 cm³/mol. The van der Waals surface area contributed by atoms with E-state index in [2.05, 4.69) is 17.5 Å². The molecule has 0 saturated carbocycles. The monoisotopic (exact) mass is 244 g/mol. The smallest absolute Gasteiger partial charge is 0.239 e. The Balaban J connectivity index is 1.95. The first-order chi connectivity index (χ1) is 8.77. The van der Waals surface area contributed by atoms with Crippen LogP contribution in [-0.2, 0) is 4.79 Å². The van der Waals surface area contributed by atoms with Gasteiger partial charge < -0.3 is 11.1 Å². The van der Waals surface area contributed by atoms with Crippen LogP contribution in [0.3, 0.4) is 0 Å². The first-order valence-corrected chi connectivity index (χ1v) is 6.50. The van der Waals surface area contributed by atoms with Crippen LogP contribution in [0.25, 0.3) is 0 Å². The second kappa shape index (κ2) is 6.36. The predicted octanol–water partition coefficient (Wildman–Crippen LogP) is 2.16. The van der Waals surface area contributed by atoms with Crippen molar-refractivity contribution < 1.29 is 4.79 Å². The third-order valence-corrected chi connectivity index (χ3v) is 3.41. The number of nitrogens with one attached hydrogen (secondary N) is 1. The maximum absolute atomic E-state index is 11.5. The molecule has 3 heteroatoms. The van der Waals surface area contributed by atoms with Gasteiger partial charge in [-0.2, -0.15) is 0 Å². The minimum atomic E-state index is -0.378. The van der Waals surface area contributed by atoms with E-state index >= 15 is 0 Å². The van der Waals surface area contributed by atoms with Crippen LogP contribution in [-0.4, -0.2) is 12.5 Å². The van der Waals surface area contributed by atoms with E-state index in [1.54, 1.807) is 0 Å². The Morgan fingerprint density at radius 1 is 1.33 bits per heavy atom. The maximum atomic E-state index is 11.5. The number of nitrogens with two attached hydrogens (primary N) is 1. The van der Waals surface area contributed by atoms with Crippen LogP contribution >= 0.6 is 0 Å². The molecule has 96 valence electrons. The van der Waals surface area contributed by atoms with Gasteiger partial charge in [0, 0.05) is 0 Å². The number of hydrogen-bond donors (Lipinski definition) is 2. The van der Waals surface area contributed by atoms with Crippen molar-refractivity contribution in [1.29, 1.82) is 0 Å². The van der Waals surface area contributed by atoms with Crippen molar-refractivity contribution >= 4 is 5.91 Å². The first-order valence-electron chi connectivity index (χ1n) is 6.50. The van der Waals surface area contributed by atoms with E-state index in [4.69, 9.17) is 5.73 Å². The molecule has 0 heterocycles. The molecule has 1 amide bonds. The lowest BCUT2D eigenvalue weighted by Gasteiger charge is -2.22. The maximum Gasteiger partial charge on any atom is 0.239 e. The summed E-state index contributed by atoms with van der Waals surface area (Å²) in [5, 5.41) is 3.30. The average molecular weight is 244 g/mol. The number of carbonyl (C=O) groups excluding carboxylic acids is 1. The van der Waals surface area contributed by atoms with Gasteiger partial charge >= 0.3 is 0 Å². The Morgan fingerprint density at radius 2 is 2.11 bits per heavy atom. The molecule has 2 rings (SSSR count). The van der Waals surface area contributed by atoms with Crippen LogP contribution in [0.4, 0.5) is 0 Å². The second-order valence-electron chi connectivity index (χ2n) is 4.80. The molecule has 0 saturated heterocycles. The van der Waals surface area contributed by atoms with E-state index in [1.807, 2.05) is 30.3 Å². The summed E-state index contributed by atoms with van der Waals surface area (Å²) < 4.78 is 0. The highest BCUT2D eigenvalue weighted by atomic mass is 16.1. The van der Waals surface area contributed by atoms with Gasteiger partial charge in [0.2, 0.25) is 5.91 Å². The van der Waals surface area contributed by atoms with Crippen LogP contribution in [0.1, 0.15) is 30.9 Å². The Bertz CT molecular complexity index is 414. The zero-order chi connectivity index (χ0) is 12.8. The fourth-order valence-corrected chi connectivity index (χ4v) is 2.35. The Morgan fingerprint density at radius 3 is 2.72 bits per heavy atom. The molecule has 0 aromatic heterocycles. The van der Waals surface area contributed by atoms with Gasteiger partial charge in [-0.3, -0.25) is 4.79 Å². The van der Waals surface area contributed by atoms with Gasteiger partial charge in [0.25, 0.3) is 0 Å². The number of carbonyl (C=O) groups is 1. The number of rotatable bonds is 5. The molecule has 0 spiro atoms. The van der Waals surface area contributed by atoms with Crippen molar-refractivity contribution in [3.8, 4) is 0 Å². The standard InChI is InChI=1S/C15H20N2O/c16-15(18)14(13-9-5-2-6-10-13)17-11-12-7-3-1-4-8-12/h1-3,5-6,9-10,12,14,17H,4,7-8,11H2,(H2,16,18)/t12-,14+/m0/s1. The van der Waals surface area contributed by atoms with Crippen molar-refractivity contribution in [3.63, 3.8) is 0 Å². The normalized spacial score (nSPS) is 20.6. The van der Waals surface area contributed by atoms with Crippen LogP contribution in [0, 0.1) is 5.92 Å². The summed E-state index contributed by atoms with van der Waals surface area (Å²) in [6.45, 7) is 0.840. The Hall–Kier alpha value is -1.61. The zero-order valence-electron chi connectivity index (χ0n) is 10.5. The fourth-order valence-electron chi connectivity index (χ4n) is 2.35. The molecule has 1 aromatic rings. The van der Waals surface area contributed by atoms with E-state index in [0.717, 1.165) is 24.9 Å². The highest BCUT2D eigenvalue weighted by Gasteiger charge is 2.19. The lowest BCUT2D eigenvalue weighted by molar-refractivity contribution is -0.120. The summed E-state index contributed by atoms with van der Waals surface area (Å²) in [6.07, 6.45) is 7.85. The molecule has 2 atom stereocenters. The number of amides is 1. The van der Waals surface area contributed by atoms with Gasteiger partial charge in [-0.05, 0) is 37.3 Å². The van der Waals surface area contributed by atoms with Gasteiger partial charge in [0.15, 0.2) is 0 Å². The van der Waals surface area contributed by atoms with E-state index in [-0.39, 0.29) is 11.9 Å². The highest BCUT2D eigenvalue weighted by molar-refractivity contribution is 5.81. The quantitative estimate of drug-likeness (QED) is 0.780. The van der Waals surface area contributed by atoms with Gasteiger partial charge in [-0.1, -0.05) is 42.5 Å². The molecule has 18 heavy (non-hydrogen) atoms. The summed E-state index contributed by atoms with van der Waals surface area (Å²) in [5.41, 5.74) is 6.41. The third-order valence-electron chi connectivity index (χ3n) is 3.41. The minimum Gasteiger partial charge on any atom is -0.368 e. The summed E-state index contributed by atoms with van der Waals surface area (Å²) in [5.74, 6) is 0.299. The number of hydrogen-bond acceptors (Lipinski definition) is 2. The molecule has 0 radical (unpaired) electrons. The molecule has 0 fully saturated rings. The van der Waals surface area contributed by atoms with Crippen molar-refractivity contribution in [2.75, 3.05) is 6.54 Å². The highest BCUT2D eigenvalue weighted by Crippen LogP contribution is 2.19. The summed E-state index contributed by atoms with van der Waals surface area (Å²) >= 11 is 0. The van der Waals surface area contributed by atoms with Crippen LogP contribution in [0.5, 0.6) is 0 Å². The minimum absolute atomic E-state index is 0.312. The van der Waals surface area contributed by atoms with Crippen molar-refractivity contribution in [3.05, 3.63) is 48.0 Å². The molecule has 1 aromatic carbocycles. The van der Waals surface area contributed by atoms with E-state index in [1.165, 1.54) is 6.42 Å².